The highest BCUT2D eigenvalue weighted by Crippen LogP contribution is 2.21. The van der Waals surface area contributed by atoms with Crippen molar-refractivity contribution >= 4 is 5.91 Å². The number of ether oxygens (including phenoxy) is 2. The highest BCUT2D eigenvalue weighted by Gasteiger charge is 2.31. The van der Waals surface area contributed by atoms with Gasteiger partial charge in [-0.05, 0) is 37.8 Å². The highest BCUT2D eigenvalue weighted by molar-refractivity contribution is 5.81. The quantitative estimate of drug-likeness (QED) is 0.805. The van der Waals surface area contributed by atoms with Crippen molar-refractivity contribution in [2.75, 3.05) is 19.7 Å². The molecule has 0 spiro atoms. The summed E-state index contributed by atoms with van der Waals surface area (Å²) in [5.74, 6) is 1.11. The van der Waals surface area contributed by atoms with Crippen LogP contribution < -0.4 is 0 Å². The Bertz CT molecular complexity index is 722. The fourth-order valence-corrected chi connectivity index (χ4v) is 3.34. The van der Waals surface area contributed by atoms with Crippen LogP contribution >= 0.6 is 0 Å². The van der Waals surface area contributed by atoms with Crippen molar-refractivity contribution in [1.82, 2.24) is 20.0 Å². The Morgan fingerprint density at radius 3 is 2.77 bits per heavy atom. The van der Waals surface area contributed by atoms with Crippen molar-refractivity contribution in [2.24, 2.45) is 0 Å². The first kappa shape index (κ1) is 17.1. The summed E-state index contributed by atoms with van der Waals surface area (Å²) in [6.07, 6.45) is 6.67. The van der Waals surface area contributed by atoms with E-state index in [1.54, 1.807) is 12.4 Å². The maximum Gasteiger partial charge on any atom is 0.252 e. The molecular formula is C18H22N4O4. The number of aromatic nitrogens is 3. The monoisotopic (exact) mass is 358 g/mol. The smallest absolute Gasteiger partial charge is 0.252 e. The molecule has 1 atom stereocenters. The summed E-state index contributed by atoms with van der Waals surface area (Å²) < 4.78 is 16.6. The highest BCUT2D eigenvalue weighted by atomic mass is 16.5. The molecule has 8 nitrogen and oxygen atoms in total. The number of piperidine rings is 1. The molecule has 4 heterocycles. The summed E-state index contributed by atoms with van der Waals surface area (Å²) >= 11 is 0. The van der Waals surface area contributed by atoms with E-state index in [1.807, 2.05) is 17.0 Å². The average molecular weight is 358 g/mol. The summed E-state index contributed by atoms with van der Waals surface area (Å²) in [5, 5.41) is 3.97. The molecule has 2 saturated heterocycles. The van der Waals surface area contributed by atoms with Gasteiger partial charge in [0, 0.05) is 37.7 Å². The molecule has 0 N–H and O–H groups in total. The minimum atomic E-state index is -0.238. The van der Waals surface area contributed by atoms with Gasteiger partial charge >= 0.3 is 0 Å². The third-order valence-electron chi connectivity index (χ3n) is 4.81. The third kappa shape index (κ3) is 3.91. The van der Waals surface area contributed by atoms with Gasteiger partial charge in [-0.25, -0.2) is 0 Å². The minimum Gasteiger partial charge on any atom is -0.368 e. The van der Waals surface area contributed by atoms with E-state index >= 15 is 0 Å². The van der Waals surface area contributed by atoms with E-state index in [-0.39, 0.29) is 24.7 Å². The van der Waals surface area contributed by atoms with Crippen LogP contribution in [-0.2, 0) is 20.9 Å². The predicted octanol–water partition coefficient (Wildman–Crippen LogP) is 1.82. The largest absolute Gasteiger partial charge is 0.368 e. The van der Waals surface area contributed by atoms with Gasteiger partial charge < -0.3 is 18.9 Å². The number of rotatable bonds is 5. The molecule has 2 aromatic heterocycles. The molecule has 138 valence electrons. The van der Waals surface area contributed by atoms with Crippen LogP contribution in [0.25, 0.3) is 11.4 Å². The summed E-state index contributed by atoms with van der Waals surface area (Å²) in [7, 11) is 0. The number of amides is 1. The summed E-state index contributed by atoms with van der Waals surface area (Å²) in [5.41, 5.74) is 0.857. The first-order valence-electron chi connectivity index (χ1n) is 9.04. The number of likely N-dealkylation sites (tertiary alicyclic amines) is 1. The van der Waals surface area contributed by atoms with Crippen molar-refractivity contribution in [3.63, 3.8) is 0 Å². The van der Waals surface area contributed by atoms with Crippen LogP contribution in [0, 0.1) is 0 Å². The van der Waals surface area contributed by atoms with E-state index in [1.165, 1.54) is 0 Å². The van der Waals surface area contributed by atoms with Crippen LogP contribution in [0.3, 0.4) is 0 Å². The van der Waals surface area contributed by atoms with Crippen LogP contribution in [0.5, 0.6) is 0 Å². The maximum atomic E-state index is 12.3. The fraction of sp³-hybridized carbons (Fsp3) is 0.556. The SMILES string of the molecule is O=C([C@H]1CCCO1)N1CCC(OCc2nc(-c3ccncc3)no2)CC1. The molecule has 2 aromatic rings. The molecule has 8 heteroatoms. The molecule has 0 bridgehead atoms. The average Bonchev–Trinajstić information content (AvgIpc) is 3.39. The van der Waals surface area contributed by atoms with Gasteiger partial charge in [-0.3, -0.25) is 9.78 Å². The first-order valence-corrected chi connectivity index (χ1v) is 9.04. The second-order valence-corrected chi connectivity index (χ2v) is 6.58. The fourth-order valence-electron chi connectivity index (χ4n) is 3.34. The standard InChI is InChI=1S/C18H22N4O4/c23-18(15-2-1-11-24-15)22-9-5-14(6-10-22)25-12-16-20-17(21-26-16)13-3-7-19-8-4-13/h3-4,7-8,14-15H,1-2,5-6,9-12H2/t15-/m1/s1. The van der Waals surface area contributed by atoms with Crippen molar-refractivity contribution in [3.8, 4) is 11.4 Å². The van der Waals surface area contributed by atoms with Gasteiger partial charge in [-0.2, -0.15) is 4.98 Å². The van der Waals surface area contributed by atoms with Gasteiger partial charge in [0.1, 0.15) is 12.7 Å². The van der Waals surface area contributed by atoms with Gasteiger partial charge in [0.25, 0.3) is 11.8 Å². The summed E-state index contributed by atoms with van der Waals surface area (Å²) in [4.78, 5) is 22.6. The van der Waals surface area contributed by atoms with Gasteiger partial charge in [-0.15, -0.1) is 0 Å². The molecular weight excluding hydrogens is 336 g/mol. The van der Waals surface area contributed by atoms with Crippen LogP contribution in [0.15, 0.2) is 29.0 Å². The van der Waals surface area contributed by atoms with Crippen molar-refractivity contribution in [3.05, 3.63) is 30.4 Å². The summed E-state index contributed by atoms with van der Waals surface area (Å²) in [6, 6.07) is 3.66. The topological polar surface area (TPSA) is 90.6 Å². The van der Waals surface area contributed by atoms with E-state index in [9.17, 15) is 4.79 Å². The molecule has 2 aliphatic heterocycles. The Kier molecular flexibility index (Phi) is 5.21. The molecule has 1 amide bonds. The minimum absolute atomic E-state index is 0.0971. The van der Waals surface area contributed by atoms with Crippen molar-refractivity contribution in [1.29, 1.82) is 0 Å². The number of hydrogen-bond acceptors (Lipinski definition) is 7. The second-order valence-electron chi connectivity index (χ2n) is 6.58. The Balaban J connectivity index is 1.24. The zero-order valence-corrected chi connectivity index (χ0v) is 14.5. The zero-order chi connectivity index (χ0) is 17.8. The molecule has 0 aromatic carbocycles. The van der Waals surface area contributed by atoms with E-state index in [0.717, 1.165) is 31.2 Å². The van der Waals surface area contributed by atoms with E-state index in [2.05, 4.69) is 15.1 Å². The predicted molar refractivity (Wildman–Crippen MR) is 90.9 cm³/mol. The summed E-state index contributed by atoms with van der Waals surface area (Å²) in [6.45, 7) is 2.38. The molecule has 0 aliphatic carbocycles. The molecule has 2 fully saturated rings. The zero-order valence-electron chi connectivity index (χ0n) is 14.5. The second kappa shape index (κ2) is 7.92. The Hall–Kier alpha value is -2.32. The molecule has 0 radical (unpaired) electrons. The van der Waals surface area contributed by atoms with E-state index < -0.39 is 0 Å². The van der Waals surface area contributed by atoms with Gasteiger partial charge in [0.2, 0.25) is 5.82 Å². The van der Waals surface area contributed by atoms with Crippen LogP contribution in [0.1, 0.15) is 31.6 Å². The number of nitrogens with zero attached hydrogens (tertiary/aromatic N) is 4. The normalized spacial score (nSPS) is 21.2. The van der Waals surface area contributed by atoms with Gasteiger partial charge in [-0.1, -0.05) is 5.16 Å². The van der Waals surface area contributed by atoms with Crippen LogP contribution in [-0.4, -0.2) is 57.8 Å². The lowest BCUT2D eigenvalue weighted by Gasteiger charge is -2.33. The van der Waals surface area contributed by atoms with E-state index in [4.69, 9.17) is 14.0 Å². The molecule has 4 rings (SSSR count). The Labute approximate surface area is 151 Å². The van der Waals surface area contributed by atoms with E-state index in [0.29, 0.717) is 31.4 Å². The lowest BCUT2D eigenvalue weighted by Crippen LogP contribution is -2.45. The van der Waals surface area contributed by atoms with Crippen molar-refractivity contribution in [2.45, 2.75) is 44.5 Å². The number of hydrogen-bond donors (Lipinski definition) is 0. The number of carbonyl (C=O) groups is 1. The number of pyridine rings is 1. The molecule has 26 heavy (non-hydrogen) atoms. The van der Waals surface area contributed by atoms with Gasteiger partial charge in [0.15, 0.2) is 0 Å². The van der Waals surface area contributed by atoms with Crippen LogP contribution in [0.4, 0.5) is 0 Å². The Morgan fingerprint density at radius 2 is 2.04 bits per heavy atom. The maximum absolute atomic E-state index is 12.3. The lowest BCUT2D eigenvalue weighted by molar-refractivity contribution is -0.143. The molecule has 2 aliphatic rings. The molecule has 0 saturated carbocycles. The molecule has 0 unspecified atom stereocenters. The lowest BCUT2D eigenvalue weighted by atomic mass is 10.1. The first-order chi connectivity index (χ1) is 12.8. The van der Waals surface area contributed by atoms with Gasteiger partial charge in [0.05, 0.1) is 6.10 Å². The third-order valence-corrected chi connectivity index (χ3v) is 4.81. The van der Waals surface area contributed by atoms with Crippen LogP contribution in [0.2, 0.25) is 0 Å². The van der Waals surface area contributed by atoms with Crippen molar-refractivity contribution < 1.29 is 18.8 Å². The Morgan fingerprint density at radius 1 is 1.23 bits per heavy atom. The number of carbonyl (C=O) groups excluding carboxylic acids is 1.